The van der Waals surface area contributed by atoms with Crippen molar-refractivity contribution in [3.8, 4) is 23.8 Å². The number of hydrogen-bond acceptors (Lipinski definition) is 3. The van der Waals surface area contributed by atoms with Crippen molar-refractivity contribution in [3.05, 3.63) is 22.7 Å². The number of terminal acetylenes is 1. The third kappa shape index (κ3) is 2.69. The predicted molar refractivity (Wildman–Crippen MR) is 68.2 cm³/mol. The summed E-state index contributed by atoms with van der Waals surface area (Å²) in [6.07, 6.45) is 5.86. The smallest absolute Gasteiger partial charge is 0.252 e. The summed E-state index contributed by atoms with van der Waals surface area (Å²) in [5.41, 5.74) is 0.402. The second kappa shape index (κ2) is 5.65. The van der Waals surface area contributed by atoms with Gasteiger partial charge in [-0.15, -0.1) is 6.42 Å². The molecule has 0 bridgehead atoms. The first-order valence-corrected chi connectivity index (χ1v) is 5.91. The van der Waals surface area contributed by atoms with E-state index in [2.05, 4.69) is 11.2 Å². The van der Waals surface area contributed by atoms with Crippen LogP contribution in [0.1, 0.15) is 16.8 Å². The van der Waals surface area contributed by atoms with Crippen molar-refractivity contribution in [1.82, 2.24) is 5.32 Å². The van der Waals surface area contributed by atoms with E-state index in [4.69, 9.17) is 27.5 Å². The summed E-state index contributed by atoms with van der Waals surface area (Å²) in [7, 11) is 0. The molecule has 5 heteroatoms. The van der Waals surface area contributed by atoms with Crippen LogP contribution in [0, 0.1) is 12.3 Å². The first-order valence-electron chi connectivity index (χ1n) is 5.53. The Morgan fingerprint density at radius 1 is 1.44 bits per heavy atom. The van der Waals surface area contributed by atoms with Crippen molar-refractivity contribution in [2.24, 2.45) is 0 Å². The molecular weight excluding hydrogens is 254 g/mol. The summed E-state index contributed by atoms with van der Waals surface area (Å²) in [6, 6.07) is 3.15. The van der Waals surface area contributed by atoms with E-state index >= 15 is 0 Å². The van der Waals surface area contributed by atoms with Crippen LogP contribution in [0.5, 0.6) is 11.5 Å². The molecule has 18 heavy (non-hydrogen) atoms. The van der Waals surface area contributed by atoms with Gasteiger partial charge in [0, 0.05) is 12.0 Å². The molecule has 0 spiro atoms. The highest BCUT2D eigenvalue weighted by Crippen LogP contribution is 2.37. The van der Waals surface area contributed by atoms with Crippen LogP contribution in [0.15, 0.2) is 12.1 Å². The van der Waals surface area contributed by atoms with Gasteiger partial charge in [0.05, 0.1) is 24.8 Å². The molecule has 0 unspecified atom stereocenters. The molecule has 0 atom stereocenters. The number of benzene rings is 1. The summed E-state index contributed by atoms with van der Waals surface area (Å²) in [4.78, 5) is 11.8. The standard InChI is InChI=1S/C13H12ClNO3/c1-2-4-15-13(16)9-7-10(14)12-11(8-9)17-5-3-6-18-12/h1,7-8H,3-6H2,(H,15,16). The maximum absolute atomic E-state index is 11.8. The molecule has 0 saturated heterocycles. The molecule has 2 rings (SSSR count). The van der Waals surface area contributed by atoms with E-state index in [1.54, 1.807) is 12.1 Å². The van der Waals surface area contributed by atoms with Gasteiger partial charge in [0.25, 0.3) is 5.91 Å². The summed E-state index contributed by atoms with van der Waals surface area (Å²) in [5, 5.41) is 2.93. The molecule has 1 amide bonds. The van der Waals surface area contributed by atoms with Crippen LogP contribution in [0.2, 0.25) is 5.02 Å². The largest absolute Gasteiger partial charge is 0.489 e. The number of ether oxygens (including phenoxy) is 2. The lowest BCUT2D eigenvalue weighted by Gasteiger charge is -2.11. The molecule has 0 fully saturated rings. The molecule has 4 nitrogen and oxygen atoms in total. The predicted octanol–water partition coefficient (Wildman–Crippen LogP) is 1.86. The Hall–Kier alpha value is -1.86. The number of fused-ring (bicyclic) bond motifs is 1. The molecule has 0 aliphatic carbocycles. The molecule has 0 radical (unpaired) electrons. The van der Waals surface area contributed by atoms with Crippen molar-refractivity contribution < 1.29 is 14.3 Å². The lowest BCUT2D eigenvalue weighted by atomic mass is 10.2. The lowest BCUT2D eigenvalue weighted by molar-refractivity contribution is 0.0958. The zero-order chi connectivity index (χ0) is 13.0. The van der Waals surface area contributed by atoms with Gasteiger partial charge in [-0.1, -0.05) is 17.5 Å². The van der Waals surface area contributed by atoms with E-state index < -0.39 is 0 Å². The van der Waals surface area contributed by atoms with Gasteiger partial charge in [-0.05, 0) is 12.1 Å². The zero-order valence-electron chi connectivity index (χ0n) is 9.66. The van der Waals surface area contributed by atoms with Gasteiger partial charge in [0.1, 0.15) is 0 Å². The van der Waals surface area contributed by atoms with Crippen molar-refractivity contribution in [3.63, 3.8) is 0 Å². The average Bonchev–Trinajstić information content (AvgIpc) is 2.61. The highest BCUT2D eigenvalue weighted by molar-refractivity contribution is 6.32. The molecule has 1 aliphatic rings. The second-order valence-electron chi connectivity index (χ2n) is 3.72. The number of carbonyl (C=O) groups is 1. The van der Waals surface area contributed by atoms with Gasteiger partial charge in [0.2, 0.25) is 0 Å². The molecule has 94 valence electrons. The van der Waals surface area contributed by atoms with Crippen LogP contribution in [0.25, 0.3) is 0 Å². The fraction of sp³-hybridized carbons (Fsp3) is 0.308. The first-order chi connectivity index (χ1) is 8.72. The SMILES string of the molecule is C#CCNC(=O)c1cc(Cl)c2c(c1)OCCCO2. The van der Waals surface area contributed by atoms with Gasteiger partial charge in [-0.3, -0.25) is 4.79 Å². The van der Waals surface area contributed by atoms with E-state index in [0.717, 1.165) is 6.42 Å². The van der Waals surface area contributed by atoms with E-state index in [1.165, 1.54) is 0 Å². The maximum Gasteiger partial charge on any atom is 0.252 e. The van der Waals surface area contributed by atoms with Crippen LogP contribution >= 0.6 is 11.6 Å². The van der Waals surface area contributed by atoms with Crippen LogP contribution in [0.3, 0.4) is 0 Å². The van der Waals surface area contributed by atoms with Gasteiger partial charge in [-0.25, -0.2) is 0 Å². The number of hydrogen-bond donors (Lipinski definition) is 1. The minimum atomic E-state index is -0.287. The zero-order valence-corrected chi connectivity index (χ0v) is 10.4. The Morgan fingerprint density at radius 3 is 3.00 bits per heavy atom. The van der Waals surface area contributed by atoms with Crippen LogP contribution in [-0.4, -0.2) is 25.7 Å². The highest BCUT2D eigenvalue weighted by Gasteiger charge is 2.18. The molecule has 1 aromatic carbocycles. The minimum absolute atomic E-state index is 0.172. The number of amides is 1. The molecule has 1 N–H and O–H groups in total. The number of halogens is 1. The lowest BCUT2D eigenvalue weighted by Crippen LogP contribution is -2.23. The van der Waals surface area contributed by atoms with Crippen molar-refractivity contribution in [2.45, 2.75) is 6.42 Å². The Kier molecular flexibility index (Phi) is 3.96. The minimum Gasteiger partial charge on any atom is -0.489 e. The monoisotopic (exact) mass is 265 g/mol. The van der Waals surface area contributed by atoms with Crippen LogP contribution in [0.4, 0.5) is 0 Å². The van der Waals surface area contributed by atoms with Gasteiger partial charge < -0.3 is 14.8 Å². The highest BCUT2D eigenvalue weighted by atomic mass is 35.5. The number of nitrogens with one attached hydrogen (secondary N) is 1. The van der Waals surface area contributed by atoms with Gasteiger partial charge in [-0.2, -0.15) is 0 Å². The summed E-state index contributed by atoms with van der Waals surface area (Å²) in [6.45, 7) is 1.26. The summed E-state index contributed by atoms with van der Waals surface area (Å²) < 4.78 is 11.0. The summed E-state index contributed by atoms with van der Waals surface area (Å²) >= 11 is 6.07. The molecule has 0 aromatic heterocycles. The third-order valence-electron chi connectivity index (χ3n) is 2.42. The Bertz CT molecular complexity index is 508. The second-order valence-corrected chi connectivity index (χ2v) is 4.13. The molecule has 1 heterocycles. The van der Waals surface area contributed by atoms with E-state index in [0.29, 0.717) is 35.3 Å². The van der Waals surface area contributed by atoms with Crippen molar-refractivity contribution in [1.29, 1.82) is 0 Å². The van der Waals surface area contributed by atoms with E-state index in [1.807, 2.05) is 0 Å². The van der Waals surface area contributed by atoms with Crippen molar-refractivity contribution in [2.75, 3.05) is 19.8 Å². The Balaban J connectivity index is 2.29. The van der Waals surface area contributed by atoms with E-state index in [9.17, 15) is 4.79 Å². The average molecular weight is 266 g/mol. The van der Waals surface area contributed by atoms with Crippen LogP contribution < -0.4 is 14.8 Å². The fourth-order valence-electron chi connectivity index (χ4n) is 1.60. The quantitative estimate of drug-likeness (QED) is 0.831. The number of rotatable bonds is 2. The molecule has 1 aromatic rings. The Morgan fingerprint density at radius 2 is 2.22 bits per heavy atom. The van der Waals surface area contributed by atoms with Crippen molar-refractivity contribution >= 4 is 17.5 Å². The van der Waals surface area contributed by atoms with E-state index in [-0.39, 0.29) is 12.5 Å². The summed E-state index contributed by atoms with van der Waals surface area (Å²) in [5.74, 6) is 3.03. The molecule has 1 aliphatic heterocycles. The van der Waals surface area contributed by atoms with Crippen LogP contribution in [-0.2, 0) is 0 Å². The Labute approximate surface area is 110 Å². The van der Waals surface area contributed by atoms with Gasteiger partial charge in [0.15, 0.2) is 11.5 Å². The molecule has 0 saturated carbocycles. The third-order valence-corrected chi connectivity index (χ3v) is 2.70. The van der Waals surface area contributed by atoms with Gasteiger partial charge >= 0.3 is 0 Å². The first kappa shape index (κ1) is 12.6. The fourth-order valence-corrected chi connectivity index (χ4v) is 1.86. The molecular formula is C13H12ClNO3. The topological polar surface area (TPSA) is 47.6 Å². The number of carbonyl (C=O) groups excluding carboxylic acids is 1. The maximum atomic E-state index is 11.8. The normalized spacial score (nSPS) is 13.3.